The third-order valence-electron chi connectivity index (χ3n) is 3.49. The molecule has 4 heteroatoms. The highest BCUT2D eigenvalue weighted by Gasteiger charge is 2.06. The lowest BCUT2D eigenvalue weighted by Crippen LogP contribution is -1.98. The average molecular weight is 332 g/mol. The van der Waals surface area contributed by atoms with Crippen molar-refractivity contribution in [1.29, 1.82) is 0 Å². The van der Waals surface area contributed by atoms with E-state index in [1.165, 1.54) is 11.4 Å². The molecule has 3 rings (SSSR count). The average Bonchev–Trinajstić information content (AvgIpc) is 2.82. The van der Waals surface area contributed by atoms with Crippen molar-refractivity contribution in [3.05, 3.63) is 76.0 Å². The molecule has 0 aliphatic rings. The Kier molecular flexibility index (Phi) is 4.14. The summed E-state index contributed by atoms with van der Waals surface area (Å²) in [6.07, 6.45) is 0. The van der Waals surface area contributed by atoms with Crippen molar-refractivity contribution in [2.75, 3.05) is 0 Å². The van der Waals surface area contributed by atoms with Crippen LogP contribution in [0.3, 0.4) is 0 Å². The summed E-state index contributed by atoms with van der Waals surface area (Å²) >= 11 is 12.0. The second kappa shape index (κ2) is 6.07. The van der Waals surface area contributed by atoms with Crippen LogP contribution in [0, 0.1) is 13.8 Å². The van der Waals surface area contributed by atoms with Gasteiger partial charge in [0.2, 0.25) is 0 Å². The predicted octanol–water partition coefficient (Wildman–Crippen LogP) is 6.19. The van der Waals surface area contributed by atoms with Gasteiger partial charge in [-0.3, -0.25) is 0 Å². The lowest BCUT2D eigenvalue weighted by atomic mass is 10.2. The number of nitrogens with zero attached hydrogens (tertiary/aromatic N) is 1. The molecule has 0 unspecified atom stereocenters. The molecule has 0 amide bonds. The van der Waals surface area contributed by atoms with Gasteiger partial charge < -0.3 is 9.30 Å². The van der Waals surface area contributed by atoms with E-state index in [1.807, 2.05) is 24.3 Å². The Balaban J connectivity index is 1.86. The number of hydrogen-bond donors (Lipinski definition) is 0. The van der Waals surface area contributed by atoms with Crippen molar-refractivity contribution in [2.24, 2.45) is 0 Å². The van der Waals surface area contributed by atoms with Gasteiger partial charge in [0.25, 0.3) is 0 Å². The predicted molar refractivity (Wildman–Crippen MR) is 91.8 cm³/mol. The lowest BCUT2D eigenvalue weighted by molar-refractivity contribution is 0.483. The Morgan fingerprint density at radius 2 is 1.45 bits per heavy atom. The van der Waals surface area contributed by atoms with Crippen LogP contribution in [0.25, 0.3) is 5.69 Å². The van der Waals surface area contributed by atoms with E-state index in [1.54, 1.807) is 18.2 Å². The van der Waals surface area contributed by atoms with Crippen LogP contribution < -0.4 is 4.74 Å². The highest BCUT2D eigenvalue weighted by molar-refractivity contribution is 6.35. The summed E-state index contributed by atoms with van der Waals surface area (Å²) in [5.41, 5.74) is 3.51. The minimum Gasteiger partial charge on any atom is -0.456 e. The number of benzene rings is 2. The lowest BCUT2D eigenvalue weighted by Gasteiger charge is -2.11. The van der Waals surface area contributed by atoms with Crippen molar-refractivity contribution >= 4 is 23.2 Å². The molecule has 3 aromatic rings. The molecule has 0 spiro atoms. The first-order valence-corrected chi connectivity index (χ1v) is 7.68. The van der Waals surface area contributed by atoms with Crippen molar-refractivity contribution in [2.45, 2.75) is 13.8 Å². The summed E-state index contributed by atoms with van der Waals surface area (Å²) in [6, 6.07) is 17.3. The van der Waals surface area contributed by atoms with Crippen LogP contribution in [0.2, 0.25) is 10.0 Å². The van der Waals surface area contributed by atoms with Crippen LogP contribution in [-0.2, 0) is 0 Å². The highest BCUT2D eigenvalue weighted by Crippen LogP contribution is 2.32. The molecule has 0 saturated carbocycles. The maximum Gasteiger partial charge on any atom is 0.146 e. The van der Waals surface area contributed by atoms with Gasteiger partial charge in [0, 0.05) is 22.1 Å². The second-order valence-corrected chi connectivity index (χ2v) is 5.97. The second-order valence-electron chi connectivity index (χ2n) is 5.12. The quantitative estimate of drug-likeness (QED) is 0.557. The van der Waals surface area contributed by atoms with E-state index >= 15 is 0 Å². The van der Waals surface area contributed by atoms with Gasteiger partial charge >= 0.3 is 0 Å². The Bertz CT molecular complexity index is 787. The van der Waals surface area contributed by atoms with Crippen LogP contribution in [0.15, 0.2) is 54.6 Å². The number of rotatable bonds is 3. The highest BCUT2D eigenvalue weighted by atomic mass is 35.5. The maximum absolute atomic E-state index is 6.12. The third kappa shape index (κ3) is 2.99. The zero-order valence-electron chi connectivity index (χ0n) is 12.3. The van der Waals surface area contributed by atoms with Crippen molar-refractivity contribution in [1.82, 2.24) is 4.57 Å². The van der Waals surface area contributed by atoms with Gasteiger partial charge in [-0.25, -0.2) is 0 Å². The first-order chi connectivity index (χ1) is 10.5. The molecule has 0 fully saturated rings. The Hall–Kier alpha value is -1.90. The smallest absolute Gasteiger partial charge is 0.146 e. The van der Waals surface area contributed by atoms with Gasteiger partial charge in [0.15, 0.2) is 0 Å². The molecule has 22 heavy (non-hydrogen) atoms. The first kappa shape index (κ1) is 15.0. The summed E-state index contributed by atoms with van der Waals surface area (Å²) in [5, 5.41) is 1.08. The van der Waals surface area contributed by atoms with E-state index < -0.39 is 0 Å². The molecule has 1 heterocycles. The zero-order valence-corrected chi connectivity index (χ0v) is 13.8. The largest absolute Gasteiger partial charge is 0.456 e. The van der Waals surface area contributed by atoms with Gasteiger partial charge in [-0.05, 0) is 68.4 Å². The SMILES string of the molecule is Cc1ccc(C)n1-c1ccc(Oc2ccc(Cl)cc2Cl)cc1. The van der Waals surface area contributed by atoms with Gasteiger partial charge in [-0.15, -0.1) is 0 Å². The fourth-order valence-corrected chi connectivity index (χ4v) is 2.87. The van der Waals surface area contributed by atoms with E-state index in [2.05, 4.69) is 30.5 Å². The Labute approximate surface area is 139 Å². The van der Waals surface area contributed by atoms with Crippen LogP contribution >= 0.6 is 23.2 Å². The van der Waals surface area contributed by atoms with Crippen molar-refractivity contribution < 1.29 is 4.74 Å². The van der Waals surface area contributed by atoms with E-state index in [4.69, 9.17) is 27.9 Å². The fourth-order valence-electron chi connectivity index (χ4n) is 2.42. The number of ether oxygens (including phenoxy) is 1. The molecule has 0 bridgehead atoms. The summed E-state index contributed by atoms with van der Waals surface area (Å²) < 4.78 is 7.99. The maximum atomic E-state index is 6.12. The Morgan fingerprint density at radius 1 is 0.818 bits per heavy atom. The van der Waals surface area contributed by atoms with Gasteiger partial charge in [-0.2, -0.15) is 0 Å². The number of aryl methyl sites for hydroxylation is 2. The standard InChI is InChI=1S/C18H15Cl2NO/c1-12-3-4-13(2)21(12)15-6-8-16(9-7-15)22-18-10-5-14(19)11-17(18)20/h3-11H,1-2H3. The van der Waals surface area contributed by atoms with Crippen LogP contribution in [-0.4, -0.2) is 4.57 Å². The minimum atomic E-state index is 0.494. The molecule has 2 aromatic carbocycles. The number of aromatic nitrogens is 1. The van der Waals surface area contributed by atoms with Crippen molar-refractivity contribution in [3.63, 3.8) is 0 Å². The van der Waals surface area contributed by atoms with Crippen LogP contribution in [0.4, 0.5) is 0 Å². The van der Waals surface area contributed by atoms with Gasteiger partial charge in [0.05, 0.1) is 5.02 Å². The molecule has 112 valence electrons. The summed E-state index contributed by atoms with van der Waals surface area (Å²) in [7, 11) is 0. The van der Waals surface area contributed by atoms with E-state index in [-0.39, 0.29) is 0 Å². The van der Waals surface area contributed by atoms with Crippen molar-refractivity contribution in [3.8, 4) is 17.2 Å². The van der Waals surface area contributed by atoms with Crippen LogP contribution in [0.1, 0.15) is 11.4 Å². The molecule has 1 aromatic heterocycles. The molecule has 0 aliphatic heterocycles. The molecular weight excluding hydrogens is 317 g/mol. The zero-order chi connectivity index (χ0) is 15.7. The molecule has 0 N–H and O–H groups in total. The minimum absolute atomic E-state index is 0.494. The molecule has 0 atom stereocenters. The van der Waals surface area contributed by atoms with E-state index in [9.17, 15) is 0 Å². The van der Waals surface area contributed by atoms with Gasteiger partial charge in [0.1, 0.15) is 11.5 Å². The number of hydrogen-bond acceptors (Lipinski definition) is 1. The summed E-state index contributed by atoms with van der Waals surface area (Å²) in [5.74, 6) is 1.32. The third-order valence-corrected chi connectivity index (χ3v) is 4.02. The van der Waals surface area contributed by atoms with E-state index in [0.29, 0.717) is 15.8 Å². The molecule has 0 saturated heterocycles. The molecular formula is C18H15Cl2NO. The number of halogens is 2. The molecule has 0 radical (unpaired) electrons. The first-order valence-electron chi connectivity index (χ1n) is 6.93. The topological polar surface area (TPSA) is 14.2 Å². The monoisotopic (exact) mass is 331 g/mol. The fraction of sp³-hybridized carbons (Fsp3) is 0.111. The summed E-state index contributed by atoms with van der Waals surface area (Å²) in [6.45, 7) is 4.18. The Morgan fingerprint density at radius 3 is 2.05 bits per heavy atom. The summed E-state index contributed by atoms with van der Waals surface area (Å²) in [4.78, 5) is 0. The van der Waals surface area contributed by atoms with Crippen LogP contribution in [0.5, 0.6) is 11.5 Å². The molecule has 0 aliphatic carbocycles. The normalized spacial score (nSPS) is 10.7. The van der Waals surface area contributed by atoms with E-state index in [0.717, 1.165) is 11.4 Å². The molecule has 2 nitrogen and oxygen atoms in total. The van der Waals surface area contributed by atoms with Gasteiger partial charge in [-0.1, -0.05) is 23.2 Å².